The quantitative estimate of drug-likeness (QED) is 0.462. The van der Waals surface area contributed by atoms with Crippen LogP contribution in [0.5, 0.6) is 0 Å². The minimum Gasteiger partial charge on any atom is -0.360 e. The lowest BCUT2D eigenvalue weighted by atomic mass is 10.1. The summed E-state index contributed by atoms with van der Waals surface area (Å²) in [5.74, 6) is -0.0223. The van der Waals surface area contributed by atoms with Gasteiger partial charge in [0.2, 0.25) is 11.6 Å². The van der Waals surface area contributed by atoms with Crippen molar-refractivity contribution >= 4 is 17.3 Å². The van der Waals surface area contributed by atoms with Gasteiger partial charge in [0.25, 0.3) is 0 Å². The number of nitrogens with one attached hydrogen (secondary N) is 1. The van der Waals surface area contributed by atoms with Crippen molar-refractivity contribution in [1.82, 2.24) is 9.97 Å². The standard InChI is InChI=1S/C16H15N7O2/c1-12-2-4-13(5-3-12)10-19-15-14(23(24)25)16(21-11-20-15)22(8-6-17)9-7-18/h2-5,11H,8-10H2,1H3,(H,19,20,21). The number of aromatic nitrogens is 2. The van der Waals surface area contributed by atoms with Crippen molar-refractivity contribution in [1.29, 1.82) is 10.5 Å². The van der Waals surface area contributed by atoms with Gasteiger partial charge in [-0.1, -0.05) is 29.8 Å². The number of nitrogens with zero attached hydrogens (tertiary/aromatic N) is 6. The molecule has 1 heterocycles. The fourth-order valence-electron chi connectivity index (χ4n) is 2.17. The highest BCUT2D eigenvalue weighted by molar-refractivity contribution is 5.70. The number of hydrogen-bond acceptors (Lipinski definition) is 8. The number of nitriles is 2. The highest BCUT2D eigenvalue weighted by Gasteiger charge is 2.26. The largest absolute Gasteiger partial charge is 0.360 e. The van der Waals surface area contributed by atoms with Crippen molar-refractivity contribution in [2.75, 3.05) is 23.3 Å². The fourth-order valence-corrected chi connectivity index (χ4v) is 2.17. The van der Waals surface area contributed by atoms with Gasteiger partial charge in [-0.2, -0.15) is 10.5 Å². The SMILES string of the molecule is Cc1ccc(CNc2ncnc(N(CC#N)CC#N)c2[N+](=O)[O-])cc1. The van der Waals surface area contributed by atoms with Crippen LogP contribution in [0.1, 0.15) is 11.1 Å². The van der Waals surface area contributed by atoms with Crippen molar-refractivity contribution in [2.24, 2.45) is 0 Å². The fraction of sp³-hybridized carbons (Fsp3) is 0.250. The molecule has 0 aliphatic heterocycles. The Morgan fingerprint density at radius 3 is 2.40 bits per heavy atom. The van der Waals surface area contributed by atoms with Crippen molar-refractivity contribution in [3.05, 3.63) is 51.8 Å². The zero-order valence-corrected chi connectivity index (χ0v) is 13.5. The Hall–Kier alpha value is -3.72. The van der Waals surface area contributed by atoms with Crippen LogP contribution in [0, 0.1) is 39.7 Å². The lowest BCUT2D eigenvalue weighted by Crippen LogP contribution is -2.26. The number of rotatable bonds is 7. The molecule has 1 aromatic heterocycles. The van der Waals surface area contributed by atoms with Gasteiger partial charge in [-0.15, -0.1) is 0 Å². The van der Waals surface area contributed by atoms with Gasteiger partial charge in [0.05, 0.1) is 17.1 Å². The summed E-state index contributed by atoms with van der Waals surface area (Å²) in [6.07, 6.45) is 1.17. The van der Waals surface area contributed by atoms with E-state index in [1.54, 1.807) is 0 Å². The normalized spacial score (nSPS) is 9.72. The molecule has 1 aromatic carbocycles. The Labute approximate surface area is 144 Å². The minimum atomic E-state index is -0.617. The number of nitro groups is 1. The Kier molecular flexibility index (Phi) is 5.80. The lowest BCUT2D eigenvalue weighted by molar-refractivity contribution is -0.383. The van der Waals surface area contributed by atoms with E-state index in [4.69, 9.17) is 10.5 Å². The number of hydrogen-bond donors (Lipinski definition) is 1. The molecule has 0 aliphatic rings. The molecule has 1 N–H and O–H groups in total. The Morgan fingerprint density at radius 1 is 1.20 bits per heavy atom. The number of anilines is 2. The van der Waals surface area contributed by atoms with Crippen molar-refractivity contribution in [3.8, 4) is 12.1 Å². The van der Waals surface area contributed by atoms with E-state index in [-0.39, 0.29) is 30.4 Å². The van der Waals surface area contributed by atoms with Crippen LogP contribution in [0.2, 0.25) is 0 Å². The van der Waals surface area contributed by atoms with Gasteiger partial charge in [0, 0.05) is 6.54 Å². The summed E-state index contributed by atoms with van der Waals surface area (Å²) >= 11 is 0. The van der Waals surface area contributed by atoms with Crippen LogP contribution in [-0.4, -0.2) is 28.0 Å². The highest BCUT2D eigenvalue weighted by Crippen LogP contribution is 2.31. The summed E-state index contributed by atoms with van der Waals surface area (Å²) in [5.41, 5.74) is 1.69. The van der Waals surface area contributed by atoms with E-state index in [2.05, 4.69) is 15.3 Å². The first-order valence-electron chi connectivity index (χ1n) is 7.34. The Balaban J connectivity index is 2.33. The smallest absolute Gasteiger partial charge is 0.353 e. The van der Waals surface area contributed by atoms with Crippen molar-refractivity contribution in [3.63, 3.8) is 0 Å². The summed E-state index contributed by atoms with van der Waals surface area (Å²) in [5, 5.41) is 32.2. The number of benzene rings is 1. The summed E-state index contributed by atoms with van der Waals surface area (Å²) in [7, 11) is 0. The van der Waals surface area contributed by atoms with Gasteiger partial charge in [0.15, 0.2) is 0 Å². The van der Waals surface area contributed by atoms with E-state index in [1.807, 2.05) is 43.3 Å². The third-order valence-electron chi connectivity index (χ3n) is 3.39. The van der Waals surface area contributed by atoms with Crippen LogP contribution in [-0.2, 0) is 6.54 Å². The van der Waals surface area contributed by atoms with Crippen LogP contribution < -0.4 is 10.2 Å². The molecule has 9 heteroatoms. The van der Waals surface area contributed by atoms with Gasteiger partial charge >= 0.3 is 5.69 Å². The van der Waals surface area contributed by atoms with E-state index in [0.717, 1.165) is 11.1 Å². The first-order valence-corrected chi connectivity index (χ1v) is 7.34. The first-order chi connectivity index (χ1) is 12.1. The maximum absolute atomic E-state index is 11.5. The molecule has 0 atom stereocenters. The molecule has 0 radical (unpaired) electrons. The predicted molar refractivity (Wildman–Crippen MR) is 90.6 cm³/mol. The zero-order chi connectivity index (χ0) is 18.2. The van der Waals surface area contributed by atoms with E-state index >= 15 is 0 Å². The predicted octanol–water partition coefficient (Wildman–Crippen LogP) is 2.16. The third-order valence-corrected chi connectivity index (χ3v) is 3.39. The molecule has 0 bridgehead atoms. The first kappa shape index (κ1) is 17.6. The van der Waals surface area contributed by atoms with Gasteiger partial charge in [0.1, 0.15) is 19.4 Å². The molecule has 0 saturated heterocycles. The zero-order valence-electron chi connectivity index (χ0n) is 13.5. The highest BCUT2D eigenvalue weighted by atomic mass is 16.6. The van der Waals surface area contributed by atoms with Crippen molar-refractivity contribution < 1.29 is 4.92 Å². The minimum absolute atomic E-state index is 0.0384. The maximum Gasteiger partial charge on any atom is 0.353 e. The molecule has 0 saturated carbocycles. The average molecular weight is 337 g/mol. The second kappa shape index (κ2) is 8.22. The molecule has 0 fully saturated rings. The van der Waals surface area contributed by atoms with E-state index in [9.17, 15) is 10.1 Å². The van der Waals surface area contributed by atoms with Gasteiger partial charge in [-0.3, -0.25) is 10.1 Å². The molecule has 2 rings (SSSR count). The van der Waals surface area contributed by atoms with E-state index in [0.29, 0.717) is 6.54 Å². The van der Waals surface area contributed by atoms with Crippen LogP contribution >= 0.6 is 0 Å². The molecular weight excluding hydrogens is 322 g/mol. The second-order valence-electron chi connectivity index (χ2n) is 5.16. The molecule has 2 aromatic rings. The molecule has 0 aliphatic carbocycles. The third kappa shape index (κ3) is 4.39. The monoisotopic (exact) mass is 337 g/mol. The van der Waals surface area contributed by atoms with Crippen LogP contribution in [0.15, 0.2) is 30.6 Å². The van der Waals surface area contributed by atoms with Crippen LogP contribution in [0.4, 0.5) is 17.3 Å². The van der Waals surface area contributed by atoms with Crippen molar-refractivity contribution in [2.45, 2.75) is 13.5 Å². The van der Waals surface area contributed by atoms with Gasteiger partial charge in [-0.25, -0.2) is 9.97 Å². The lowest BCUT2D eigenvalue weighted by Gasteiger charge is -2.17. The van der Waals surface area contributed by atoms with Gasteiger partial charge < -0.3 is 10.2 Å². The average Bonchev–Trinajstić information content (AvgIpc) is 2.60. The summed E-state index contributed by atoms with van der Waals surface area (Å²) in [4.78, 5) is 20.0. The summed E-state index contributed by atoms with van der Waals surface area (Å²) in [6, 6.07) is 11.4. The molecule has 0 spiro atoms. The molecular formula is C16H15N7O2. The molecule has 9 nitrogen and oxygen atoms in total. The molecule has 0 amide bonds. The Bertz CT molecular complexity index is 821. The Morgan fingerprint density at radius 2 is 1.84 bits per heavy atom. The molecule has 0 unspecified atom stereocenters. The van der Waals surface area contributed by atoms with Gasteiger partial charge in [-0.05, 0) is 12.5 Å². The molecule has 25 heavy (non-hydrogen) atoms. The number of aryl methyl sites for hydroxylation is 1. The van der Waals surface area contributed by atoms with Crippen LogP contribution in [0.25, 0.3) is 0 Å². The van der Waals surface area contributed by atoms with E-state index < -0.39 is 4.92 Å². The topological polar surface area (TPSA) is 132 Å². The second-order valence-corrected chi connectivity index (χ2v) is 5.16. The summed E-state index contributed by atoms with van der Waals surface area (Å²) < 4.78 is 0. The van der Waals surface area contributed by atoms with Crippen LogP contribution in [0.3, 0.4) is 0 Å². The summed E-state index contributed by atoms with van der Waals surface area (Å²) in [6.45, 7) is 1.93. The maximum atomic E-state index is 11.5. The molecule has 126 valence electrons. The van der Waals surface area contributed by atoms with E-state index in [1.165, 1.54) is 11.2 Å².